The van der Waals surface area contributed by atoms with Crippen molar-refractivity contribution in [2.75, 3.05) is 6.56 Å². The fourth-order valence-corrected chi connectivity index (χ4v) is 4.68. The first-order chi connectivity index (χ1) is 27.3. The van der Waals surface area contributed by atoms with E-state index >= 15 is 4.79 Å². The summed E-state index contributed by atoms with van der Waals surface area (Å²) in [7, 11) is 0. The number of benzene rings is 1. The molecule has 3 N–H and O–H groups in total. The van der Waals surface area contributed by atoms with Crippen LogP contribution in [0.5, 0.6) is 0 Å². The van der Waals surface area contributed by atoms with E-state index in [9.17, 15) is 24.7 Å². The molecule has 1 aromatic carbocycles. The Balaban J connectivity index is 2.72. The van der Waals surface area contributed by atoms with Crippen molar-refractivity contribution in [3.05, 3.63) is 34.8 Å². The van der Waals surface area contributed by atoms with Gasteiger partial charge in [0.2, 0.25) is 5.91 Å². The molecule has 1 heterocycles. The maximum absolute atomic E-state index is 15.9. The van der Waals surface area contributed by atoms with Crippen LogP contribution in [-0.4, -0.2) is 60.4 Å². The molecule has 0 spiro atoms. The molecule has 1 amide bonds. The van der Waals surface area contributed by atoms with E-state index in [1.807, 2.05) is 0 Å². The van der Waals surface area contributed by atoms with E-state index in [4.69, 9.17) is 18.6 Å². The Morgan fingerprint density at radius 2 is 1.90 bits per heavy atom. The lowest BCUT2D eigenvalue weighted by atomic mass is 9.68. The third kappa shape index (κ3) is 6.27. The van der Waals surface area contributed by atoms with Gasteiger partial charge in [-0.05, 0) is 98.4 Å². The van der Waals surface area contributed by atoms with Crippen molar-refractivity contribution < 1.29 is 50.3 Å². The molecule has 7 nitrogen and oxygen atoms in total. The van der Waals surface area contributed by atoms with Crippen LogP contribution in [0.1, 0.15) is 142 Å². The monoisotopic (exact) mass is 607 g/mol. The number of hydrogen-bond donors (Lipinski definition) is 1. The summed E-state index contributed by atoms with van der Waals surface area (Å²) in [6.45, 7) is 7.78. The fraction of sp³-hybridized carbons (Fsp3) is 0.743. The number of esters is 1. The van der Waals surface area contributed by atoms with Gasteiger partial charge >= 0.3 is 14.8 Å². The number of carbonyl (C=O) groups excluding carboxylic acids is 3. The standard InChI is InChI=1S/C35H56N2O5/c1-13-34(11,30(40)37-27(29(38)39)17-26-19-32(7,8)33(9,10)28(26)37)36-35(12,31(41)42-20-21(2)3)18-24(6)25-15-14-22(4)23(5)16-25/h14-16,21,24,26-28,36H,13,17-20H2,1-12H3,(H,38,39)/p+1/t24?,26-,27+,28-,34+,35+/m1/s1/i13D2,14D,15D,16D,17D2,18D2,19D2,20D2,21D,24D,26D,27D,28D/hD3. The molecular formula is C35H57N2O5+. The summed E-state index contributed by atoms with van der Waals surface area (Å²) < 4.78 is 195. The molecule has 1 aliphatic heterocycles. The maximum Gasteiger partial charge on any atom is 0.538 e. The molecule has 42 heavy (non-hydrogen) atoms. The van der Waals surface area contributed by atoms with Crippen LogP contribution in [0.25, 0.3) is 0 Å². The van der Waals surface area contributed by atoms with Gasteiger partial charge in [-0.2, -0.15) is 0 Å². The van der Waals surface area contributed by atoms with Crippen LogP contribution in [0.3, 0.4) is 0 Å². The van der Waals surface area contributed by atoms with Crippen molar-refractivity contribution in [2.24, 2.45) is 22.6 Å². The molecule has 2 aliphatic rings. The van der Waals surface area contributed by atoms with Crippen molar-refractivity contribution >= 4 is 17.8 Å². The Hall–Kier alpha value is -2.41. The van der Waals surface area contributed by atoms with Crippen LogP contribution in [0.15, 0.2) is 18.1 Å². The average Bonchev–Trinajstić information content (AvgIpc) is 3.26. The minimum absolute atomic E-state index is 0.0264. The zero-order valence-electron chi connectivity index (χ0n) is 47.4. The Bertz CT molecular complexity index is 2070. The van der Waals surface area contributed by atoms with Crippen LogP contribution in [-0.2, 0) is 19.1 Å². The first-order valence-corrected chi connectivity index (χ1v) is 13.6. The van der Waals surface area contributed by atoms with Gasteiger partial charge < -0.3 is 14.7 Å². The van der Waals surface area contributed by atoms with Crippen LogP contribution < -0.4 is 5.31 Å². The summed E-state index contributed by atoms with van der Waals surface area (Å²) in [5, 5.41) is -0.326. The van der Waals surface area contributed by atoms with Crippen molar-refractivity contribution in [2.45, 2.75) is 138 Å². The van der Waals surface area contributed by atoms with Crippen LogP contribution in [0.2, 0.25) is 1.41 Å². The number of fused-ring (bicyclic) bond motifs is 1. The highest BCUT2D eigenvalue weighted by Gasteiger charge is 2.65. The highest BCUT2D eigenvalue weighted by Crippen LogP contribution is 2.61. The summed E-state index contributed by atoms with van der Waals surface area (Å²) in [4.78, 5) is 44.3. The number of ether oxygens (including phenoxy) is 1. The highest BCUT2D eigenvalue weighted by molar-refractivity contribution is 5.92. The average molecular weight is 607 g/mol. The first-order valence-electron chi connectivity index (χ1n) is 23.9. The molecule has 0 radical (unpaired) electrons. The SMILES string of the molecule is [2H]c1c([2H])c(C([2H])(C)C([2H])([2H])[C@@](C)(C(=O)OC([2H])([2H])C([2H])(C)C)N([2H])[C@](C)(C(=O)N2[C@]([2H])(C(=O)[O+]([2H])[2H])C([2H])([2H])[C@]3([2H])C([2H])([2H])C(C)(C)C(C)(C)[C@]23[2H])C([2H])([2H])C)c([2H])c(C)c1C. The fourth-order valence-electron chi connectivity index (χ4n) is 4.68. The largest absolute Gasteiger partial charge is 0.563 e. The molecule has 7 heteroatoms. The predicted molar refractivity (Wildman–Crippen MR) is 168 cm³/mol. The van der Waals surface area contributed by atoms with Gasteiger partial charge in [0, 0.05) is 25.9 Å². The number of nitrogens with one attached hydrogen (secondary N) is 1. The third-order valence-corrected chi connectivity index (χ3v) is 8.07. The van der Waals surface area contributed by atoms with E-state index in [0.29, 0.717) is 27.7 Å². The molecule has 1 unspecified atom stereocenters. The summed E-state index contributed by atoms with van der Waals surface area (Å²) in [6, 6.07) is -10.0. The minimum atomic E-state index is -4.27. The molecular weight excluding hydrogens is 528 g/mol. The van der Waals surface area contributed by atoms with Gasteiger partial charge in [0.25, 0.3) is 0 Å². The number of nitrogens with zero attached hydrogens (tertiary/aromatic N) is 1. The summed E-state index contributed by atoms with van der Waals surface area (Å²) >= 11 is 0. The van der Waals surface area contributed by atoms with E-state index < -0.39 is 131 Å². The summed E-state index contributed by atoms with van der Waals surface area (Å²) in [6.07, 6.45) is -14.9. The topological polar surface area (TPSA) is 98.6 Å². The van der Waals surface area contributed by atoms with Gasteiger partial charge in [-0.15, -0.1) is 0 Å². The Morgan fingerprint density at radius 1 is 1.26 bits per heavy atom. The van der Waals surface area contributed by atoms with Crippen molar-refractivity contribution in [3.8, 4) is 0 Å². The van der Waals surface area contributed by atoms with E-state index in [1.54, 1.807) is 0 Å². The zero-order chi connectivity index (χ0) is 50.6. The molecule has 1 saturated heterocycles. The summed E-state index contributed by atoms with van der Waals surface area (Å²) in [5.41, 5.74) is -12.8. The molecule has 1 aliphatic carbocycles. The molecule has 0 aromatic heterocycles. The molecule has 3 rings (SSSR count). The smallest absolute Gasteiger partial charge is 0.538 e. The highest BCUT2D eigenvalue weighted by atomic mass is 16.5. The van der Waals surface area contributed by atoms with E-state index in [0.717, 1.165) is 41.5 Å². The zero-order valence-corrected chi connectivity index (χ0v) is 26.4. The van der Waals surface area contributed by atoms with Crippen LogP contribution in [0, 0.1) is 36.5 Å². The van der Waals surface area contributed by atoms with Gasteiger partial charge in [0.1, 0.15) is 6.95 Å². The molecule has 236 valence electrons. The van der Waals surface area contributed by atoms with Crippen LogP contribution in [0.4, 0.5) is 0 Å². The van der Waals surface area contributed by atoms with Crippen molar-refractivity contribution in [1.29, 1.82) is 2.86 Å². The number of amides is 1. The second kappa shape index (κ2) is 11.9. The van der Waals surface area contributed by atoms with Gasteiger partial charge in [-0.1, -0.05) is 73.5 Å². The molecule has 0 bridgehead atoms. The van der Waals surface area contributed by atoms with Crippen molar-refractivity contribution in [1.82, 2.24) is 10.2 Å². The molecule has 1 aromatic rings. The number of carbonyl (C=O) groups is 3. The number of hydrogen-bond acceptors (Lipinski definition) is 5. The molecule has 6 atom stereocenters. The van der Waals surface area contributed by atoms with Crippen molar-refractivity contribution in [3.63, 3.8) is 0 Å². The maximum atomic E-state index is 15.9. The second-order valence-corrected chi connectivity index (χ2v) is 12.2. The van der Waals surface area contributed by atoms with Crippen LogP contribution >= 0.6 is 0 Å². The second-order valence-electron chi connectivity index (χ2n) is 12.2. The summed E-state index contributed by atoms with van der Waals surface area (Å²) in [5.74, 6) is -16.3. The lowest BCUT2D eigenvalue weighted by molar-refractivity contribution is -0.159. The van der Waals surface area contributed by atoms with E-state index in [-0.39, 0.29) is 21.1 Å². The van der Waals surface area contributed by atoms with Gasteiger partial charge in [0.15, 0.2) is 6.02 Å². The first kappa shape index (κ1) is 15.0. The van der Waals surface area contributed by atoms with E-state index in [2.05, 4.69) is 0 Å². The Kier molecular flexibility index (Phi) is 4.28. The van der Waals surface area contributed by atoms with E-state index in [1.165, 1.54) is 13.8 Å². The Labute approximate surface area is 283 Å². The number of likely N-dealkylation sites (tertiary alicyclic amines) is 1. The lowest BCUT2D eigenvalue weighted by Gasteiger charge is -2.47. The lowest BCUT2D eigenvalue weighted by Crippen LogP contribution is -2.68. The normalized spacial score (nSPS) is 43.3. The Morgan fingerprint density at radius 3 is 2.48 bits per heavy atom. The van der Waals surface area contributed by atoms with Gasteiger partial charge in [-0.25, -0.2) is 0 Å². The van der Waals surface area contributed by atoms with Gasteiger partial charge in [0.05, 0.1) is 21.7 Å². The quantitative estimate of drug-likeness (QED) is 0.253. The van der Waals surface area contributed by atoms with Gasteiger partial charge in [-0.3, -0.25) is 14.9 Å². The predicted octanol–water partition coefficient (Wildman–Crippen LogP) is 5.81. The molecule has 1 saturated carbocycles. The number of rotatable bonds is 11. The third-order valence-electron chi connectivity index (χ3n) is 8.07. The molecule has 2 fully saturated rings. The minimum Gasteiger partial charge on any atom is -0.563 e.